The van der Waals surface area contributed by atoms with E-state index < -0.39 is 0 Å². The molecule has 5 nitrogen and oxygen atoms in total. The molecule has 1 fully saturated rings. The van der Waals surface area contributed by atoms with Crippen LogP contribution in [-0.2, 0) is 4.79 Å². The number of carbonyl (C=O) groups excluding carboxylic acids is 2. The second-order valence-corrected chi connectivity index (χ2v) is 7.18. The summed E-state index contributed by atoms with van der Waals surface area (Å²) >= 11 is 3.37. The van der Waals surface area contributed by atoms with Crippen molar-refractivity contribution in [2.45, 2.75) is 12.8 Å². The second kappa shape index (κ2) is 8.36. The molecule has 6 heteroatoms. The fraction of sp³-hybridized carbons (Fsp3) is 0.300. The van der Waals surface area contributed by atoms with Gasteiger partial charge in [0, 0.05) is 29.0 Å². The lowest BCUT2D eigenvalue weighted by atomic mass is 9.95. The van der Waals surface area contributed by atoms with Crippen LogP contribution in [0.5, 0.6) is 5.75 Å². The number of rotatable bonds is 4. The Morgan fingerprint density at radius 2 is 1.73 bits per heavy atom. The molecule has 1 aliphatic rings. The van der Waals surface area contributed by atoms with Crippen molar-refractivity contribution in [1.82, 2.24) is 4.90 Å². The summed E-state index contributed by atoms with van der Waals surface area (Å²) in [6.07, 6.45) is 1.31. The smallest absolute Gasteiger partial charge is 0.253 e. The minimum Gasteiger partial charge on any atom is -0.495 e. The standard InChI is InChI=1S/C20H21BrN2O3/c1-26-18-5-3-2-4-17(18)22-19(24)14-10-12-23(13-11-14)20(25)15-6-8-16(21)9-7-15/h2-9,14H,10-13H2,1H3,(H,22,24). The Kier molecular flexibility index (Phi) is 5.93. The van der Waals surface area contributed by atoms with Crippen LogP contribution in [0.25, 0.3) is 0 Å². The van der Waals surface area contributed by atoms with Gasteiger partial charge in [-0.2, -0.15) is 0 Å². The number of benzene rings is 2. The third-order valence-corrected chi connectivity index (χ3v) is 5.14. The van der Waals surface area contributed by atoms with E-state index in [1.165, 1.54) is 0 Å². The monoisotopic (exact) mass is 416 g/mol. The number of anilines is 1. The van der Waals surface area contributed by atoms with Gasteiger partial charge >= 0.3 is 0 Å². The number of para-hydroxylation sites is 2. The first-order valence-electron chi connectivity index (χ1n) is 8.57. The number of methoxy groups -OCH3 is 1. The fourth-order valence-corrected chi connectivity index (χ4v) is 3.37. The zero-order chi connectivity index (χ0) is 18.5. The number of nitrogens with one attached hydrogen (secondary N) is 1. The fourth-order valence-electron chi connectivity index (χ4n) is 3.10. The van der Waals surface area contributed by atoms with E-state index in [2.05, 4.69) is 21.2 Å². The quantitative estimate of drug-likeness (QED) is 0.820. The number of amides is 2. The number of carbonyl (C=O) groups is 2. The Morgan fingerprint density at radius 3 is 2.38 bits per heavy atom. The number of likely N-dealkylation sites (tertiary alicyclic amines) is 1. The minimum absolute atomic E-state index is 0.0149. The van der Waals surface area contributed by atoms with Crippen LogP contribution in [0.4, 0.5) is 5.69 Å². The number of halogens is 1. The highest BCUT2D eigenvalue weighted by atomic mass is 79.9. The summed E-state index contributed by atoms with van der Waals surface area (Å²) in [5.74, 6) is 0.531. The molecule has 2 amide bonds. The highest BCUT2D eigenvalue weighted by molar-refractivity contribution is 9.10. The van der Waals surface area contributed by atoms with E-state index in [4.69, 9.17) is 4.74 Å². The Morgan fingerprint density at radius 1 is 1.08 bits per heavy atom. The summed E-state index contributed by atoms with van der Waals surface area (Å²) in [6, 6.07) is 14.7. The number of piperidine rings is 1. The summed E-state index contributed by atoms with van der Waals surface area (Å²) in [5, 5.41) is 2.94. The van der Waals surface area contributed by atoms with Crippen molar-refractivity contribution < 1.29 is 14.3 Å². The number of hydrogen-bond donors (Lipinski definition) is 1. The summed E-state index contributed by atoms with van der Waals surface area (Å²) in [5.41, 5.74) is 1.35. The van der Waals surface area contributed by atoms with Crippen LogP contribution in [0.3, 0.4) is 0 Å². The van der Waals surface area contributed by atoms with Gasteiger partial charge in [0.1, 0.15) is 5.75 Å². The molecule has 0 bridgehead atoms. The maximum Gasteiger partial charge on any atom is 0.253 e. The Bertz CT molecular complexity index is 784. The molecular weight excluding hydrogens is 396 g/mol. The van der Waals surface area contributed by atoms with E-state index in [-0.39, 0.29) is 17.7 Å². The van der Waals surface area contributed by atoms with Crippen LogP contribution in [0.1, 0.15) is 23.2 Å². The Balaban J connectivity index is 1.57. The van der Waals surface area contributed by atoms with E-state index in [1.54, 1.807) is 7.11 Å². The summed E-state index contributed by atoms with van der Waals surface area (Å²) < 4.78 is 6.21. The lowest BCUT2D eigenvalue weighted by molar-refractivity contribution is -0.121. The van der Waals surface area contributed by atoms with Gasteiger partial charge in [0.05, 0.1) is 12.8 Å². The molecule has 1 aliphatic heterocycles. The zero-order valence-electron chi connectivity index (χ0n) is 14.6. The van der Waals surface area contributed by atoms with Gasteiger partial charge < -0.3 is 15.0 Å². The van der Waals surface area contributed by atoms with Crippen LogP contribution in [-0.4, -0.2) is 36.9 Å². The zero-order valence-corrected chi connectivity index (χ0v) is 16.2. The molecule has 0 radical (unpaired) electrons. The van der Waals surface area contributed by atoms with Crippen molar-refractivity contribution in [3.63, 3.8) is 0 Å². The first-order chi connectivity index (χ1) is 12.6. The lowest BCUT2D eigenvalue weighted by Crippen LogP contribution is -2.41. The second-order valence-electron chi connectivity index (χ2n) is 6.26. The number of nitrogens with zero attached hydrogens (tertiary/aromatic N) is 1. The third-order valence-electron chi connectivity index (χ3n) is 4.61. The number of ether oxygens (including phenoxy) is 1. The van der Waals surface area contributed by atoms with Crippen molar-refractivity contribution in [1.29, 1.82) is 0 Å². The molecule has 2 aromatic carbocycles. The highest BCUT2D eigenvalue weighted by Gasteiger charge is 2.28. The molecule has 0 aromatic heterocycles. The first kappa shape index (κ1) is 18.5. The average Bonchev–Trinajstić information content (AvgIpc) is 2.68. The van der Waals surface area contributed by atoms with Gasteiger partial charge in [-0.15, -0.1) is 0 Å². The molecule has 3 rings (SSSR count). The van der Waals surface area contributed by atoms with Gasteiger partial charge in [-0.05, 0) is 49.2 Å². The predicted molar refractivity (Wildman–Crippen MR) is 104 cm³/mol. The van der Waals surface area contributed by atoms with Crippen molar-refractivity contribution in [3.8, 4) is 5.75 Å². The average molecular weight is 417 g/mol. The van der Waals surface area contributed by atoms with Crippen LogP contribution in [0.15, 0.2) is 53.0 Å². The molecule has 136 valence electrons. The highest BCUT2D eigenvalue weighted by Crippen LogP contribution is 2.26. The van der Waals surface area contributed by atoms with Gasteiger partial charge in [-0.3, -0.25) is 9.59 Å². The molecule has 26 heavy (non-hydrogen) atoms. The lowest BCUT2D eigenvalue weighted by Gasteiger charge is -2.31. The molecule has 1 saturated heterocycles. The predicted octanol–water partition coefficient (Wildman–Crippen LogP) is 3.95. The molecule has 1 heterocycles. The topological polar surface area (TPSA) is 58.6 Å². The van der Waals surface area contributed by atoms with Crippen LogP contribution >= 0.6 is 15.9 Å². The summed E-state index contributed by atoms with van der Waals surface area (Å²) in [6.45, 7) is 1.16. The van der Waals surface area contributed by atoms with E-state index in [9.17, 15) is 9.59 Å². The summed E-state index contributed by atoms with van der Waals surface area (Å²) in [7, 11) is 1.58. The maximum atomic E-state index is 12.6. The number of hydrogen-bond acceptors (Lipinski definition) is 3. The van der Waals surface area contributed by atoms with Crippen LogP contribution in [0.2, 0.25) is 0 Å². The van der Waals surface area contributed by atoms with Gasteiger partial charge in [-0.1, -0.05) is 28.1 Å². The SMILES string of the molecule is COc1ccccc1NC(=O)C1CCN(C(=O)c2ccc(Br)cc2)CC1. The Labute approximate surface area is 161 Å². The van der Waals surface area contributed by atoms with Crippen LogP contribution in [0, 0.1) is 5.92 Å². The molecule has 2 aromatic rings. The van der Waals surface area contributed by atoms with E-state index in [0.717, 1.165) is 4.47 Å². The molecular formula is C20H21BrN2O3. The maximum absolute atomic E-state index is 12.6. The molecule has 0 saturated carbocycles. The van der Waals surface area contributed by atoms with Crippen molar-refractivity contribution in [2.75, 3.05) is 25.5 Å². The van der Waals surface area contributed by atoms with Gasteiger partial charge in [-0.25, -0.2) is 0 Å². The molecule has 0 spiro atoms. The Hall–Kier alpha value is -2.34. The normalized spacial score (nSPS) is 14.8. The van der Waals surface area contributed by atoms with Gasteiger partial charge in [0.15, 0.2) is 0 Å². The molecule has 0 atom stereocenters. The van der Waals surface area contributed by atoms with E-state index in [0.29, 0.717) is 42.9 Å². The van der Waals surface area contributed by atoms with E-state index >= 15 is 0 Å². The molecule has 0 aliphatic carbocycles. The van der Waals surface area contributed by atoms with Crippen molar-refractivity contribution >= 4 is 33.4 Å². The third kappa shape index (κ3) is 4.25. The van der Waals surface area contributed by atoms with Gasteiger partial charge in [0.25, 0.3) is 5.91 Å². The summed E-state index contributed by atoms with van der Waals surface area (Å²) in [4.78, 5) is 26.9. The van der Waals surface area contributed by atoms with Crippen molar-refractivity contribution in [2.24, 2.45) is 5.92 Å². The molecule has 0 unspecified atom stereocenters. The van der Waals surface area contributed by atoms with Gasteiger partial charge in [0.2, 0.25) is 5.91 Å². The minimum atomic E-state index is -0.103. The first-order valence-corrected chi connectivity index (χ1v) is 9.36. The van der Waals surface area contributed by atoms with E-state index in [1.807, 2.05) is 53.4 Å². The van der Waals surface area contributed by atoms with Crippen molar-refractivity contribution in [3.05, 3.63) is 58.6 Å². The largest absolute Gasteiger partial charge is 0.495 e. The molecule has 1 N–H and O–H groups in total. The van der Waals surface area contributed by atoms with Crippen LogP contribution < -0.4 is 10.1 Å².